The van der Waals surface area contributed by atoms with Crippen LogP contribution in [0, 0.1) is 3.57 Å². The summed E-state index contributed by atoms with van der Waals surface area (Å²) in [6.45, 7) is -0.707. The van der Waals surface area contributed by atoms with E-state index in [-0.39, 0.29) is 11.3 Å². The fraction of sp³-hybridized carbons (Fsp3) is 0.273. The van der Waals surface area contributed by atoms with E-state index in [4.69, 9.17) is 26.6 Å². The highest BCUT2D eigenvalue weighted by molar-refractivity contribution is 14.1. The van der Waals surface area contributed by atoms with E-state index in [2.05, 4.69) is 5.32 Å². The molecule has 0 bridgehead atoms. The van der Waals surface area contributed by atoms with E-state index in [1.807, 2.05) is 22.6 Å². The van der Waals surface area contributed by atoms with Gasteiger partial charge < -0.3 is 20.3 Å². The number of benzene rings is 1. The van der Waals surface area contributed by atoms with Gasteiger partial charge in [0.2, 0.25) is 0 Å². The van der Waals surface area contributed by atoms with Crippen LogP contribution >= 0.6 is 34.2 Å². The Labute approximate surface area is 127 Å². The number of rotatable bonds is 5. The lowest BCUT2D eigenvalue weighted by Crippen LogP contribution is -2.43. The second-order valence-electron chi connectivity index (χ2n) is 3.51. The Morgan fingerprint density at radius 2 is 2.16 bits per heavy atom. The molecule has 0 heterocycles. The molecule has 0 aliphatic heterocycles. The van der Waals surface area contributed by atoms with Gasteiger partial charge in [0, 0.05) is 3.57 Å². The SMILES string of the molecule is COc1cc(I)c(Cl)cc1C(=O)N[C@H](CO)C(=O)O. The van der Waals surface area contributed by atoms with Gasteiger partial charge >= 0.3 is 5.97 Å². The summed E-state index contributed by atoms with van der Waals surface area (Å²) in [5, 5.41) is 20.1. The van der Waals surface area contributed by atoms with E-state index in [0.29, 0.717) is 8.59 Å². The van der Waals surface area contributed by atoms with Crippen molar-refractivity contribution in [1.29, 1.82) is 0 Å². The number of aliphatic hydroxyl groups is 1. The van der Waals surface area contributed by atoms with Crippen LogP contribution in [-0.2, 0) is 4.79 Å². The predicted octanol–water partition coefficient (Wildman–Crippen LogP) is 1.13. The number of carboxylic acids is 1. The molecule has 0 saturated carbocycles. The number of amides is 1. The minimum absolute atomic E-state index is 0.104. The van der Waals surface area contributed by atoms with E-state index in [1.54, 1.807) is 6.07 Å². The van der Waals surface area contributed by atoms with Crippen molar-refractivity contribution in [2.45, 2.75) is 6.04 Å². The summed E-state index contributed by atoms with van der Waals surface area (Å²) in [6, 6.07) is 1.57. The van der Waals surface area contributed by atoms with Gasteiger partial charge in [-0.25, -0.2) is 4.79 Å². The van der Waals surface area contributed by atoms with Crippen molar-refractivity contribution in [3.8, 4) is 5.75 Å². The maximum atomic E-state index is 11.9. The van der Waals surface area contributed by atoms with Gasteiger partial charge in [0.1, 0.15) is 5.75 Å². The van der Waals surface area contributed by atoms with E-state index in [1.165, 1.54) is 13.2 Å². The highest BCUT2D eigenvalue weighted by Gasteiger charge is 2.22. The number of nitrogens with one attached hydrogen (secondary N) is 1. The van der Waals surface area contributed by atoms with Gasteiger partial charge in [0.05, 0.1) is 24.3 Å². The molecule has 0 unspecified atom stereocenters. The van der Waals surface area contributed by atoms with E-state index in [9.17, 15) is 9.59 Å². The van der Waals surface area contributed by atoms with Crippen molar-refractivity contribution in [3.63, 3.8) is 0 Å². The Morgan fingerprint density at radius 1 is 1.53 bits per heavy atom. The van der Waals surface area contributed by atoms with Crippen LogP contribution in [0.25, 0.3) is 0 Å². The first-order valence-corrected chi connectivity index (χ1v) is 6.54. The molecule has 0 aliphatic carbocycles. The molecular formula is C11H11ClINO5. The number of hydrogen-bond donors (Lipinski definition) is 3. The first-order valence-electron chi connectivity index (χ1n) is 5.08. The van der Waals surface area contributed by atoms with Crippen molar-refractivity contribution >= 4 is 46.1 Å². The van der Waals surface area contributed by atoms with Crippen molar-refractivity contribution < 1.29 is 24.5 Å². The molecule has 0 radical (unpaired) electrons. The van der Waals surface area contributed by atoms with Crippen molar-refractivity contribution in [2.24, 2.45) is 0 Å². The fourth-order valence-corrected chi connectivity index (χ4v) is 1.90. The second kappa shape index (κ2) is 6.92. The highest BCUT2D eigenvalue weighted by atomic mass is 127. The summed E-state index contributed by atoms with van der Waals surface area (Å²) in [5.41, 5.74) is 0.104. The standard InChI is InChI=1S/C11H11ClINO5/c1-19-9-3-7(13)6(12)2-5(9)10(16)14-8(4-15)11(17)18/h2-3,8,15H,4H2,1H3,(H,14,16)(H,17,18)/t8-/m1/s1. The van der Waals surface area contributed by atoms with Crippen LogP contribution in [0.15, 0.2) is 12.1 Å². The molecule has 1 aromatic carbocycles. The Kier molecular flexibility index (Phi) is 5.83. The average Bonchev–Trinajstić information content (AvgIpc) is 2.37. The van der Waals surface area contributed by atoms with Crippen LogP contribution < -0.4 is 10.1 Å². The third-order valence-electron chi connectivity index (χ3n) is 2.27. The Hall–Kier alpha value is -1.06. The smallest absolute Gasteiger partial charge is 0.328 e. The van der Waals surface area contributed by atoms with E-state index < -0.39 is 24.5 Å². The Morgan fingerprint density at radius 3 is 2.63 bits per heavy atom. The number of carboxylic acid groups (broad SMARTS) is 1. The van der Waals surface area contributed by atoms with Crippen LogP contribution in [0.3, 0.4) is 0 Å². The van der Waals surface area contributed by atoms with Crippen molar-refractivity contribution in [1.82, 2.24) is 5.32 Å². The predicted molar refractivity (Wildman–Crippen MR) is 76.7 cm³/mol. The molecule has 0 aliphatic rings. The number of carbonyl (C=O) groups is 2. The molecule has 0 fully saturated rings. The third-order valence-corrected chi connectivity index (χ3v) is 3.80. The molecule has 0 saturated heterocycles. The molecule has 104 valence electrons. The molecule has 1 atom stereocenters. The quantitative estimate of drug-likeness (QED) is 0.645. The first kappa shape index (κ1) is 16.0. The molecular weight excluding hydrogens is 388 g/mol. The summed E-state index contributed by atoms with van der Waals surface area (Å²) in [5.74, 6) is -1.74. The Bertz CT molecular complexity index is 508. The lowest BCUT2D eigenvalue weighted by molar-refractivity contribution is -0.140. The number of aliphatic carboxylic acids is 1. The van der Waals surface area contributed by atoms with Crippen molar-refractivity contribution in [3.05, 3.63) is 26.3 Å². The van der Waals surface area contributed by atoms with Gasteiger partial charge in [-0.1, -0.05) is 11.6 Å². The maximum Gasteiger partial charge on any atom is 0.328 e. The van der Waals surface area contributed by atoms with Gasteiger partial charge in [-0.3, -0.25) is 4.79 Å². The summed E-state index contributed by atoms with van der Waals surface area (Å²) >= 11 is 7.89. The summed E-state index contributed by atoms with van der Waals surface area (Å²) in [6.07, 6.45) is 0. The van der Waals surface area contributed by atoms with Crippen LogP contribution in [0.1, 0.15) is 10.4 Å². The molecule has 0 aromatic heterocycles. The minimum atomic E-state index is -1.38. The molecule has 1 rings (SSSR count). The van der Waals surface area contributed by atoms with Crippen molar-refractivity contribution in [2.75, 3.05) is 13.7 Å². The lowest BCUT2D eigenvalue weighted by Gasteiger charge is -2.14. The number of carbonyl (C=O) groups excluding carboxylic acids is 1. The lowest BCUT2D eigenvalue weighted by atomic mass is 10.1. The summed E-state index contributed by atoms with van der Waals surface area (Å²) in [4.78, 5) is 22.7. The van der Waals surface area contributed by atoms with Crippen LogP contribution in [-0.4, -0.2) is 41.8 Å². The zero-order chi connectivity index (χ0) is 14.6. The first-order chi connectivity index (χ1) is 8.90. The fourth-order valence-electron chi connectivity index (χ4n) is 1.30. The van der Waals surface area contributed by atoms with Crippen LogP contribution in [0.5, 0.6) is 5.75 Å². The molecule has 8 heteroatoms. The van der Waals surface area contributed by atoms with Crippen LogP contribution in [0.4, 0.5) is 0 Å². The van der Waals surface area contributed by atoms with Gasteiger partial charge in [-0.2, -0.15) is 0 Å². The van der Waals surface area contributed by atoms with Gasteiger partial charge in [-0.15, -0.1) is 0 Å². The molecule has 1 amide bonds. The maximum absolute atomic E-state index is 11.9. The van der Waals surface area contributed by atoms with Gasteiger partial charge in [0.15, 0.2) is 6.04 Å². The molecule has 6 nitrogen and oxygen atoms in total. The molecule has 19 heavy (non-hydrogen) atoms. The van der Waals surface area contributed by atoms with Crippen LogP contribution in [0.2, 0.25) is 5.02 Å². The zero-order valence-corrected chi connectivity index (χ0v) is 12.7. The van der Waals surface area contributed by atoms with E-state index in [0.717, 1.165) is 0 Å². The molecule has 0 spiro atoms. The third kappa shape index (κ3) is 3.95. The largest absolute Gasteiger partial charge is 0.496 e. The number of ether oxygens (including phenoxy) is 1. The number of methoxy groups -OCH3 is 1. The highest BCUT2D eigenvalue weighted by Crippen LogP contribution is 2.28. The van der Waals surface area contributed by atoms with E-state index >= 15 is 0 Å². The normalized spacial score (nSPS) is 11.8. The second-order valence-corrected chi connectivity index (χ2v) is 5.08. The number of aliphatic hydroxyl groups excluding tert-OH is 1. The average molecular weight is 400 g/mol. The summed E-state index contributed by atoms with van der Waals surface area (Å²) < 4.78 is 5.74. The summed E-state index contributed by atoms with van der Waals surface area (Å²) in [7, 11) is 1.39. The topological polar surface area (TPSA) is 95.9 Å². The molecule has 1 aromatic rings. The number of halogens is 2. The van der Waals surface area contributed by atoms with Gasteiger partial charge in [0.25, 0.3) is 5.91 Å². The molecule has 3 N–H and O–H groups in total. The number of hydrogen-bond acceptors (Lipinski definition) is 4. The zero-order valence-electron chi connectivity index (χ0n) is 9.81. The monoisotopic (exact) mass is 399 g/mol. The Balaban J connectivity index is 3.05. The van der Waals surface area contributed by atoms with Gasteiger partial charge in [-0.05, 0) is 34.7 Å². The minimum Gasteiger partial charge on any atom is -0.496 e.